The predicted octanol–water partition coefficient (Wildman–Crippen LogP) is 8.83. The highest BCUT2D eigenvalue weighted by Gasteiger charge is 2.45. The van der Waals surface area contributed by atoms with Gasteiger partial charge in [-0.05, 0) is 33.7 Å². The van der Waals surface area contributed by atoms with E-state index in [2.05, 4.69) is 74.1 Å². The molecule has 0 aliphatic carbocycles. The van der Waals surface area contributed by atoms with Crippen molar-refractivity contribution in [3.05, 3.63) is 0 Å². The molecule has 0 aromatic carbocycles. The van der Waals surface area contributed by atoms with Crippen molar-refractivity contribution in [1.29, 1.82) is 0 Å². The molecule has 0 aromatic rings. The number of hydrogen-bond donors (Lipinski definition) is 1. The largest absolute Gasteiger partial charge is 0.267 e. The molecule has 0 aromatic heterocycles. The highest BCUT2D eigenvalue weighted by molar-refractivity contribution is 8.27. The molecule has 0 saturated carbocycles. The smallest absolute Gasteiger partial charge is 0.267 e. The standard InChI is InChI=1S/C16H42Cl3N9P4/c1-9-25(10-2)30(20)22-31(21-29(17,18)19,26(11-3)12-4)24-32(23-30,27(13-5)14-6)28(15-7)16-8/h9-16,20H2,1-8H3/t30-,31+/m1/s1. The molecule has 2 atom stereocenters. The van der Waals surface area contributed by atoms with Crippen LogP contribution in [-0.2, 0) is 0 Å². The van der Waals surface area contributed by atoms with Gasteiger partial charge in [0.05, 0.1) is 0 Å². The molecule has 1 rings (SSSR count). The monoisotopic (exact) mass is 589 g/mol. The third-order valence-electron chi connectivity index (χ3n) is 5.44. The van der Waals surface area contributed by atoms with E-state index in [0.717, 1.165) is 39.3 Å². The molecule has 2 N–H and O–H groups in total. The Kier molecular flexibility index (Phi) is 13.1. The lowest BCUT2D eigenvalue weighted by Crippen LogP contribution is -2.34. The SMILES string of the molecule is CCN(CC)P1(N(CC)CC)=N[P@](N)(N(CC)CC)=N[P@](N=P(Cl)(Cl)Cl)(N(CC)CC)=N1. The van der Waals surface area contributed by atoms with Crippen LogP contribution in [0.15, 0.2) is 18.1 Å². The van der Waals surface area contributed by atoms with Gasteiger partial charge in [-0.1, -0.05) is 55.4 Å². The minimum absolute atomic E-state index is 0.681. The second kappa shape index (κ2) is 13.2. The van der Waals surface area contributed by atoms with Crippen LogP contribution in [0.4, 0.5) is 0 Å². The highest BCUT2D eigenvalue weighted by Crippen LogP contribution is 2.84. The van der Waals surface area contributed by atoms with E-state index in [0.29, 0.717) is 13.1 Å². The average Bonchev–Trinajstić information content (AvgIpc) is 2.69. The van der Waals surface area contributed by atoms with Crippen LogP contribution in [0.1, 0.15) is 55.4 Å². The quantitative estimate of drug-likeness (QED) is 0.217. The topological polar surface area (TPSA) is 88.4 Å². The first-order valence-corrected chi connectivity index (χ1v) is 20.7. The van der Waals surface area contributed by atoms with Crippen molar-refractivity contribution >= 4 is 61.4 Å². The zero-order valence-electron chi connectivity index (χ0n) is 20.7. The zero-order valence-corrected chi connectivity index (χ0v) is 26.6. The van der Waals surface area contributed by atoms with Crippen molar-refractivity contribution in [3.63, 3.8) is 0 Å². The van der Waals surface area contributed by atoms with E-state index in [1.807, 2.05) is 0 Å². The molecular weight excluding hydrogens is 548 g/mol. The molecule has 0 amide bonds. The number of hydrogen-bond acceptors (Lipinski definition) is 9. The molecule has 0 radical (unpaired) electrons. The summed E-state index contributed by atoms with van der Waals surface area (Å²) in [5.41, 5.74) is 7.18. The second-order valence-corrected chi connectivity index (χ2v) is 22.3. The van der Waals surface area contributed by atoms with E-state index in [9.17, 15) is 0 Å². The maximum Gasteiger partial charge on any atom is 0.267 e. The Labute approximate surface area is 210 Å². The van der Waals surface area contributed by atoms with E-state index in [-0.39, 0.29) is 0 Å². The Morgan fingerprint density at radius 3 is 1.31 bits per heavy atom. The summed E-state index contributed by atoms with van der Waals surface area (Å²) in [5, 5.41) is -3.14. The van der Waals surface area contributed by atoms with Gasteiger partial charge < -0.3 is 0 Å². The molecule has 0 unspecified atom stereocenters. The van der Waals surface area contributed by atoms with E-state index in [1.54, 1.807) is 0 Å². The van der Waals surface area contributed by atoms with Crippen molar-refractivity contribution < 1.29 is 0 Å². The summed E-state index contributed by atoms with van der Waals surface area (Å²) in [4.78, 5) is 0. The van der Waals surface area contributed by atoms with Gasteiger partial charge in [-0.2, -0.15) is 18.1 Å². The summed E-state index contributed by atoms with van der Waals surface area (Å²) in [5.74, 6) is 0. The Morgan fingerprint density at radius 1 is 0.625 bits per heavy atom. The minimum Gasteiger partial charge on any atom is -0.267 e. The van der Waals surface area contributed by atoms with Crippen molar-refractivity contribution in [2.24, 2.45) is 23.6 Å². The lowest BCUT2D eigenvalue weighted by atomic mass is 10.7. The van der Waals surface area contributed by atoms with E-state index in [1.165, 1.54) is 0 Å². The molecule has 1 aliphatic rings. The number of halogens is 3. The average molecular weight is 591 g/mol. The fourth-order valence-electron chi connectivity index (χ4n) is 3.88. The summed E-state index contributed by atoms with van der Waals surface area (Å²) in [6.45, 7) is 22.8. The third kappa shape index (κ3) is 6.87. The molecular formula is C16H42Cl3N9P4. The van der Waals surface area contributed by atoms with Gasteiger partial charge in [-0.25, -0.2) is 18.7 Å². The van der Waals surface area contributed by atoms with Crippen LogP contribution in [0.3, 0.4) is 0 Å². The number of rotatable bonds is 13. The molecule has 1 aliphatic heterocycles. The van der Waals surface area contributed by atoms with E-state index in [4.69, 9.17) is 57.3 Å². The van der Waals surface area contributed by atoms with Crippen molar-refractivity contribution in [1.82, 2.24) is 18.7 Å². The summed E-state index contributed by atoms with van der Waals surface area (Å²) >= 11 is 19.2. The second-order valence-electron chi connectivity index (χ2n) is 7.02. The zero-order chi connectivity index (χ0) is 24.8. The van der Waals surface area contributed by atoms with Crippen LogP contribution in [0.5, 0.6) is 0 Å². The van der Waals surface area contributed by atoms with Crippen LogP contribution in [0.2, 0.25) is 0 Å². The Balaban J connectivity index is 4.44. The summed E-state index contributed by atoms with van der Waals surface area (Å²) in [6, 6.07) is 0. The first kappa shape index (κ1) is 31.6. The lowest BCUT2D eigenvalue weighted by molar-refractivity contribution is 0.413. The molecule has 0 spiro atoms. The van der Waals surface area contributed by atoms with Crippen LogP contribution in [0, 0.1) is 0 Å². The van der Waals surface area contributed by atoms with Crippen LogP contribution in [-0.4, -0.2) is 71.0 Å². The van der Waals surface area contributed by atoms with E-state index < -0.39 is 27.6 Å². The van der Waals surface area contributed by atoms with Crippen LogP contribution >= 0.6 is 61.4 Å². The minimum atomic E-state index is -3.14. The summed E-state index contributed by atoms with van der Waals surface area (Å²) in [6.07, 6.45) is 0. The van der Waals surface area contributed by atoms with E-state index >= 15 is 0 Å². The molecule has 32 heavy (non-hydrogen) atoms. The highest BCUT2D eigenvalue weighted by atomic mass is 36.0. The third-order valence-corrected chi connectivity index (χ3v) is 20.4. The van der Waals surface area contributed by atoms with Gasteiger partial charge in [-0.15, -0.1) is 0 Å². The molecule has 0 saturated heterocycles. The first-order valence-electron chi connectivity index (χ1n) is 11.4. The van der Waals surface area contributed by atoms with Gasteiger partial charge in [0.1, 0.15) is 0 Å². The Bertz CT molecular complexity index is 804. The van der Waals surface area contributed by atoms with Gasteiger partial charge in [0, 0.05) is 52.4 Å². The molecule has 16 heteroatoms. The maximum atomic E-state index is 7.18. The van der Waals surface area contributed by atoms with Gasteiger partial charge >= 0.3 is 0 Å². The molecule has 192 valence electrons. The lowest BCUT2D eigenvalue weighted by Gasteiger charge is -2.46. The van der Waals surface area contributed by atoms with Crippen molar-refractivity contribution in [2.45, 2.75) is 55.4 Å². The van der Waals surface area contributed by atoms with Crippen molar-refractivity contribution in [2.75, 3.05) is 52.4 Å². The fraction of sp³-hybridized carbons (Fsp3) is 1.00. The van der Waals surface area contributed by atoms with Gasteiger partial charge in [0.25, 0.3) is 7.51 Å². The Hall–Kier alpha value is 1.59. The van der Waals surface area contributed by atoms with Gasteiger partial charge in [0.2, 0.25) is 20.1 Å². The molecule has 9 nitrogen and oxygen atoms in total. The maximum absolute atomic E-state index is 7.18. The van der Waals surface area contributed by atoms with Crippen LogP contribution in [0.25, 0.3) is 0 Å². The van der Waals surface area contributed by atoms with Crippen molar-refractivity contribution in [3.8, 4) is 0 Å². The summed E-state index contributed by atoms with van der Waals surface area (Å²) < 4.78 is 29.9. The molecule has 1 heterocycles. The molecule has 0 bridgehead atoms. The number of nitrogens with zero attached hydrogens (tertiary/aromatic N) is 8. The predicted molar refractivity (Wildman–Crippen MR) is 151 cm³/mol. The number of nitrogens with two attached hydrogens (primary N) is 1. The van der Waals surface area contributed by atoms with Gasteiger partial charge in [-0.3, -0.25) is 5.50 Å². The molecule has 0 fully saturated rings. The van der Waals surface area contributed by atoms with Gasteiger partial charge in [0.15, 0.2) is 0 Å². The summed E-state index contributed by atoms with van der Waals surface area (Å²) in [7, 11) is -8.46. The normalized spacial score (nSPS) is 25.8. The Morgan fingerprint density at radius 2 is 1.00 bits per heavy atom. The van der Waals surface area contributed by atoms with Crippen LogP contribution < -0.4 is 5.50 Å². The first-order chi connectivity index (χ1) is 14.9. The fourth-order valence-corrected chi connectivity index (χ4v) is 21.4.